The number of fused-ring (bicyclic) bond motifs is 3. The minimum absolute atomic E-state index is 0.101. The molecule has 0 unspecified atom stereocenters. The van der Waals surface area contributed by atoms with Crippen LogP contribution in [0.25, 0.3) is 0 Å². The average Bonchev–Trinajstić information content (AvgIpc) is 3.25. The summed E-state index contributed by atoms with van der Waals surface area (Å²) in [4.78, 5) is 0. The Balaban J connectivity index is 1.49. The molecule has 3 aromatic rings. The Bertz CT molecular complexity index is 1160. The second-order valence-corrected chi connectivity index (χ2v) is 9.41. The molecule has 170 valence electrons. The second kappa shape index (κ2) is 9.10. The van der Waals surface area contributed by atoms with E-state index in [-0.39, 0.29) is 18.4 Å². The van der Waals surface area contributed by atoms with E-state index in [0.717, 1.165) is 50.5 Å². The normalized spacial score (nSPS) is 18.9. The van der Waals surface area contributed by atoms with Gasteiger partial charge >= 0.3 is 0 Å². The number of halogens is 1. The quantitative estimate of drug-likeness (QED) is 0.365. The topological polar surface area (TPSA) is 43.3 Å². The van der Waals surface area contributed by atoms with Gasteiger partial charge < -0.3 is 14.2 Å². The molecular weight excluding hydrogens is 480 g/mol. The van der Waals surface area contributed by atoms with Gasteiger partial charge in [-0.1, -0.05) is 15.9 Å². The van der Waals surface area contributed by atoms with Crippen molar-refractivity contribution in [3.8, 4) is 17.2 Å². The van der Waals surface area contributed by atoms with Crippen LogP contribution in [0.15, 0.2) is 76.3 Å². The molecule has 33 heavy (non-hydrogen) atoms. The Morgan fingerprint density at radius 2 is 1.76 bits per heavy atom. The van der Waals surface area contributed by atoms with E-state index < -0.39 is 0 Å². The Morgan fingerprint density at radius 1 is 1.03 bits per heavy atom. The lowest BCUT2D eigenvalue weighted by Crippen LogP contribution is -2.33. The zero-order valence-electron chi connectivity index (χ0n) is 19.0. The van der Waals surface area contributed by atoms with Crippen LogP contribution in [-0.2, 0) is 0 Å². The van der Waals surface area contributed by atoms with Gasteiger partial charge in [0, 0.05) is 22.0 Å². The van der Waals surface area contributed by atoms with Crippen molar-refractivity contribution in [2.75, 3.05) is 6.61 Å². The van der Waals surface area contributed by atoms with Crippen molar-refractivity contribution in [2.24, 2.45) is 5.10 Å². The van der Waals surface area contributed by atoms with E-state index in [1.165, 1.54) is 0 Å². The highest BCUT2D eigenvalue weighted by atomic mass is 79.9. The number of rotatable bonds is 6. The molecule has 2 aliphatic rings. The molecule has 3 aromatic carbocycles. The van der Waals surface area contributed by atoms with E-state index in [4.69, 9.17) is 19.3 Å². The van der Waals surface area contributed by atoms with Crippen LogP contribution in [0.2, 0.25) is 0 Å². The van der Waals surface area contributed by atoms with E-state index in [9.17, 15) is 0 Å². The van der Waals surface area contributed by atoms with Crippen molar-refractivity contribution < 1.29 is 14.2 Å². The monoisotopic (exact) mass is 506 g/mol. The summed E-state index contributed by atoms with van der Waals surface area (Å²) in [6.07, 6.45) is 0.654. The summed E-state index contributed by atoms with van der Waals surface area (Å²) in [5.74, 6) is 2.62. The maximum atomic E-state index is 6.47. The van der Waals surface area contributed by atoms with Crippen LogP contribution < -0.4 is 14.2 Å². The SMILES string of the molecule is CCOc1ccc([C@H]2Oc3ccc(Br)cc3[C@@H]3CC(c4ccc(OC(C)C)cc4)=NN23)cc1. The van der Waals surface area contributed by atoms with Gasteiger partial charge in [0.2, 0.25) is 6.23 Å². The minimum atomic E-state index is -0.305. The third-order valence-electron chi connectivity index (χ3n) is 5.79. The predicted octanol–water partition coefficient (Wildman–Crippen LogP) is 6.88. The number of nitrogens with zero attached hydrogens (tertiary/aromatic N) is 2. The number of hydrogen-bond donors (Lipinski definition) is 0. The summed E-state index contributed by atoms with van der Waals surface area (Å²) in [7, 11) is 0. The molecule has 0 saturated carbocycles. The van der Waals surface area contributed by atoms with Crippen molar-refractivity contribution in [1.82, 2.24) is 5.01 Å². The van der Waals surface area contributed by atoms with Crippen molar-refractivity contribution in [2.45, 2.75) is 45.6 Å². The van der Waals surface area contributed by atoms with Crippen molar-refractivity contribution in [1.29, 1.82) is 0 Å². The van der Waals surface area contributed by atoms with Gasteiger partial charge in [-0.3, -0.25) is 0 Å². The number of hydrazone groups is 1. The highest BCUT2D eigenvalue weighted by Crippen LogP contribution is 2.48. The molecule has 2 atom stereocenters. The summed E-state index contributed by atoms with van der Waals surface area (Å²) < 4.78 is 18.9. The Labute approximate surface area is 203 Å². The molecule has 2 heterocycles. The smallest absolute Gasteiger partial charge is 0.213 e. The lowest BCUT2D eigenvalue weighted by Gasteiger charge is -2.38. The Hall–Kier alpha value is -2.99. The first-order valence-electron chi connectivity index (χ1n) is 11.3. The van der Waals surface area contributed by atoms with Gasteiger partial charge in [-0.05, 0) is 93.1 Å². The average molecular weight is 507 g/mol. The maximum absolute atomic E-state index is 6.47. The first kappa shape index (κ1) is 21.8. The molecule has 0 N–H and O–H groups in total. The van der Waals surface area contributed by atoms with Crippen LogP contribution in [0, 0.1) is 0 Å². The van der Waals surface area contributed by atoms with Gasteiger partial charge in [0.1, 0.15) is 17.2 Å². The van der Waals surface area contributed by atoms with Crippen LogP contribution in [0.1, 0.15) is 56.2 Å². The molecular formula is C27H27BrN2O3. The molecule has 0 saturated heterocycles. The lowest BCUT2D eigenvalue weighted by molar-refractivity contribution is -0.0191. The molecule has 0 bridgehead atoms. The van der Waals surface area contributed by atoms with Gasteiger partial charge in [-0.15, -0.1) is 0 Å². The molecule has 0 spiro atoms. The highest BCUT2D eigenvalue weighted by molar-refractivity contribution is 9.10. The molecule has 6 heteroatoms. The summed E-state index contributed by atoms with van der Waals surface area (Å²) in [6.45, 7) is 6.69. The third-order valence-corrected chi connectivity index (χ3v) is 6.28. The van der Waals surface area contributed by atoms with Gasteiger partial charge in [0.25, 0.3) is 0 Å². The van der Waals surface area contributed by atoms with Crippen LogP contribution in [0.5, 0.6) is 17.2 Å². The number of benzene rings is 3. The standard InChI is InChI=1S/C27H27BrN2O3/c1-4-31-21-10-7-19(8-11-21)27-30-25(23-15-20(28)9-14-26(23)33-27)16-24(29-30)18-5-12-22(13-6-18)32-17(2)3/h5-15,17,25,27H,4,16H2,1-3H3/t25-,27+/m0/s1. The highest BCUT2D eigenvalue weighted by Gasteiger charge is 2.41. The second-order valence-electron chi connectivity index (χ2n) is 8.49. The molecule has 0 aromatic heterocycles. The van der Waals surface area contributed by atoms with Crippen molar-refractivity contribution in [3.63, 3.8) is 0 Å². The minimum Gasteiger partial charge on any atom is -0.494 e. The Kier molecular flexibility index (Phi) is 6.02. The number of hydrogen-bond acceptors (Lipinski definition) is 5. The fraction of sp³-hybridized carbons (Fsp3) is 0.296. The van der Waals surface area contributed by atoms with Gasteiger partial charge in [-0.2, -0.15) is 5.10 Å². The predicted molar refractivity (Wildman–Crippen MR) is 133 cm³/mol. The first-order valence-corrected chi connectivity index (χ1v) is 12.1. The Morgan fingerprint density at radius 3 is 2.45 bits per heavy atom. The zero-order valence-corrected chi connectivity index (χ0v) is 20.6. The molecule has 2 aliphatic heterocycles. The third kappa shape index (κ3) is 4.44. The van der Waals surface area contributed by atoms with Crippen molar-refractivity contribution in [3.05, 3.63) is 87.9 Å². The van der Waals surface area contributed by atoms with Gasteiger partial charge in [0.05, 0.1) is 24.5 Å². The molecule has 0 radical (unpaired) electrons. The zero-order chi connectivity index (χ0) is 22.9. The van der Waals surface area contributed by atoms with Crippen LogP contribution in [0.4, 0.5) is 0 Å². The first-order chi connectivity index (χ1) is 16.0. The largest absolute Gasteiger partial charge is 0.494 e. The lowest BCUT2D eigenvalue weighted by atomic mass is 9.96. The molecule has 5 nitrogen and oxygen atoms in total. The van der Waals surface area contributed by atoms with Gasteiger partial charge in [0.15, 0.2) is 0 Å². The summed E-state index contributed by atoms with van der Waals surface area (Å²) in [5, 5.41) is 7.15. The van der Waals surface area contributed by atoms with Crippen LogP contribution in [0.3, 0.4) is 0 Å². The summed E-state index contributed by atoms with van der Waals surface area (Å²) >= 11 is 3.62. The van der Waals surface area contributed by atoms with Gasteiger partial charge in [-0.25, -0.2) is 5.01 Å². The molecule has 0 amide bonds. The van der Waals surface area contributed by atoms with Crippen LogP contribution in [-0.4, -0.2) is 23.4 Å². The summed E-state index contributed by atoms with van der Waals surface area (Å²) in [6, 6.07) is 22.6. The van der Waals surface area contributed by atoms with E-state index in [2.05, 4.69) is 51.3 Å². The molecule has 0 fully saturated rings. The number of ether oxygens (including phenoxy) is 3. The fourth-order valence-electron chi connectivity index (χ4n) is 4.35. The van der Waals surface area contributed by atoms with E-state index >= 15 is 0 Å². The van der Waals surface area contributed by atoms with Crippen molar-refractivity contribution >= 4 is 21.6 Å². The fourth-order valence-corrected chi connectivity index (χ4v) is 4.72. The molecule has 0 aliphatic carbocycles. The maximum Gasteiger partial charge on any atom is 0.213 e. The molecule has 5 rings (SSSR count). The van der Waals surface area contributed by atoms with E-state index in [1.807, 2.05) is 57.2 Å². The summed E-state index contributed by atoms with van der Waals surface area (Å²) in [5.41, 5.74) is 4.33. The van der Waals surface area contributed by atoms with E-state index in [1.54, 1.807) is 0 Å². The van der Waals surface area contributed by atoms with E-state index in [0.29, 0.717) is 6.61 Å². The van der Waals surface area contributed by atoms with Crippen LogP contribution >= 0.6 is 15.9 Å².